The number of carbonyl (C=O) groups excluding carboxylic acids is 1. The van der Waals surface area contributed by atoms with Crippen LogP contribution in [0.4, 0.5) is 10.6 Å². The van der Waals surface area contributed by atoms with Gasteiger partial charge in [-0.2, -0.15) is 9.78 Å². The Hall–Kier alpha value is -4.66. The molecule has 5 aromatic rings. The van der Waals surface area contributed by atoms with Gasteiger partial charge in [0.25, 0.3) is 0 Å². The smallest absolute Gasteiger partial charge is 0.321 e. The summed E-state index contributed by atoms with van der Waals surface area (Å²) in [4.78, 5) is 25.4. The monoisotopic (exact) mass is 453 g/mol. The van der Waals surface area contributed by atoms with Crippen LogP contribution in [0.3, 0.4) is 0 Å². The second kappa shape index (κ2) is 9.45. The highest BCUT2D eigenvalue weighted by molar-refractivity contribution is 5.89. The van der Waals surface area contributed by atoms with Crippen molar-refractivity contribution in [1.82, 2.24) is 30.0 Å². The number of urea groups is 1. The fourth-order valence-electron chi connectivity index (χ4n) is 3.72. The van der Waals surface area contributed by atoms with Crippen LogP contribution < -0.4 is 15.4 Å². The Kier molecular flexibility index (Phi) is 5.89. The summed E-state index contributed by atoms with van der Waals surface area (Å²) in [5, 5.41) is 10.2. The number of aromatic nitrogens is 5. The maximum Gasteiger partial charge on any atom is 0.321 e. The lowest BCUT2D eigenvalue weighted by atomic mass is 10.1. The maximum absolute atomic E-state index is 13.0. The van der Waals surface area contributed by atoms with Crippen molar-refractivity contribution in [1.29, 1.82) is 0 Å². The average molecular weight is 454 g/mol. The highest BCUT2D eigenvalue weighted by Crippen LogP contribution is 2.22. The second-order valence-corrected chi connectivity index (χ2v) is 7.66. The van der Waals surface area contributed by atoms with Crippen LogP contribution in [0.25, 0.3) is 16.9 Å². The topological polar surface area (TPSA) is 110 Å². The van der Waals surface area contributed by atoms with E-state index in [4.69, 9.17) is 9.72 Å². The number of para-hydroxylation sites is 2. The zero-order chi connectivity index (χ0) is 23.3. The van der Waals surface area contributed by atoms with Crippen LogP contribution in [-0.2, 0) is 6.42 Å². The number of aromatic amines is 1. The van der Waals surface area contributed by atoms with Crippen LogP contribution >= 0.6 is 0 Å². The van der Waals surface area contributed by atoms with E-state index in [9.17, 15) is 4.79 Å². The molecule has 2 amide bonds. The predicted molar refractivity (Wildman–Crippen MR) is 129 cm³/mol. The van der Waals surface area contributed by atoms with Gasteiger partial charge in [0.2, 0.25) is 0 Å². The zero-order valence-electron chi connectivity index (χ0n) is 18.5. The Labute approximate surface area is 195 Å². The Morgan fingerprint density at radius 3 is 2.62 bits per heavy atom. The highest BCUT2D eigenvalue weighted by Gasteiger charge is 2.20. The third kappa shape index (κ3) is 4.58. The molecule has 34 heavy (non-hydrogen) atoms. The van der Waals surface area contributed by atoms with Crippen molar-refractivity contribution in [2.24, 2.45) is 0 Å². The molecule has 0 saturated carbocycles. The van der Waals surface area contributed by atoms with Gasteiger partial charge in [-0.3, -0.25) is 5.32 Å². The number of hydrogen-bond acceptors (Lipinski definition) is 5. The van der Waals surface area contributed by atoms with E-state index in [1.807, 2.05) is 66.7 Å². The van der Waals surface area contributed by atoms with E-state index in [2.05, 4.69) is 25.7 Å². The molecule has 0 radical (unpaired) electrons. The summed E-state index contributed by atoms with van der Waals surface area (Å²) in [5.74, 6) is 2.56. The second-order valence-electron chi connectivity index (χ2n) is 7.66. The van der Waals surface area contributed by atoms with Crippen molar-refractivity contribution in [3.63, 3.8) is 0 Å². The minimum atomic E-state index is -0.396. The van der Waals surface area contributed by atoms with Crippen LogP contribution in [0.15, 0.2) is 85.2 Å². The van der Waals surface area contributed by atoms with Gasteiger partial charge >= 0.3 is 6.03 Å². The number of methoxy groups -OCH3 is 1. The molecule has 3 aromatic heterocycles. The molecule has 0 bridgehead atoms. The average Bonchev–Trinajstić information content (AvgIpc) is 3.51. The number of hydrogen-bond donors (Lipinski definition) is 3. The van der Waals surface area contributed by atoms with E-state index in [-0.39, 0.29) is 6.03 Å². The molecule has 5 rings (SSSR count). The summed E-state index contributed by atoms with van der Waals surface area (Å²) in [6.45, 7) is 0. The van der Waals surface area contributed by atoms with Crippen molar-refractivity contribution >= 4 is 22.9 Å². The normalized spacial score (nSPS) is 11.8. The predicted octanol–water partition coefficient (Wildman–Crippen LogP) is 4.26. The molecular weight excluding hydrogens is 430 g/mol. The van der Waals surface area contributed by atoms with E-state index in [1.165, 1.54) is 0 Å². The molecular formula is C25H23N7O2. The number of imidazole rings is 1. The number of carbonyl (C=O) groups is 1. The van der Waals surface area contributed by atoms with E-state index >= 15 is 0 Å². The number of benzene rings is 2. The summed E-state index contributed by atoms with van der Waals surface area (Å²) in [7, 11) is 1.63. The molecule has 2 aromatic carbocycles. The van der Waals surface area contributed by atoms with Crippen molar-refractivity contribution in [2.45, 2.75) is 12.5 Å². The first kappa shape index (κ1) is 21.2. The molecule has 0 spiro atoms. The van der Waals surface area contributed by atoms with E-state index in [0.717, 1.165) is 22.3 Å². The van der Waals surface area contributed by atoms with Crippen molar-refractivity contribution in [2.75, 3.05) is 12.4 Å². The van der Waals surface area contributed by atoms with Crippen LogP contribution in [0.2, 0.25) is 0 Å². The number of nitrogens with one attached hydrogen (secondary N) is 3. The molecule has 0 aliphatic rings. The minimum absolute atomic E-state index is 0.378. The molecule has 0 aliphatic heterocycles. The Morgan fingerprint density at radius 2 is 1.85 bits per heavy atom. The Balaban J connectivity index is 1.39. The van der Waals surface area contributed by atoms with Gasteiger partial charge in [0.05, 0.1) is 30.4 Å². The van der Waals surface area contributed by atoms with Gasteiger partial charge in [-0.15, -0.1) is 0 Å². The molecule has 3 N–H and O–H groups in total. The number of nitrogens with zero attached hydrogens (tertiary/aromatic N) is 4. The number of fused-ring (bicyclic) bond motifs is 1. The molecule has 170 valence electrons. The largest absolute Gasteiger partial charge is 0.497 e. The Bertz CT molecular complexity index is 1360. The fraction of sp³-hybridized carbons (Fsp3) is 0.120. The quantitative estimate of drug-likeness (QED) is 0.341. The summed E-state index contributed by atoms with van der Waals surface area (Å²) < 4.78 is 6.83. The summed E-state index contributed by atoms with van der Waals surface area (Å²) >= 11 is 0. The SMILES string of the molecule is COc1ccc(CC(NC(=O)Nc2ccnn2-c2ccccn2)c2nc3ccccc3[nH]2)cc1. The van der Waals surface area contributed by atoms with Crippen molar-refractivity contribution in [3.05, 3.63) is 96.6 Å². The Morgan fingerprint density at radius 1 is 1.03 bits per heavy atom. The van der Waals surface area contributed by atoms with Crippen LogP contribution in [0, 0.1) is 0 Å². The molecule has 9 nitrogen and oxygen atoms in total. The maximum atomic E-state index is 13.0. The first-order valence-electron chi connectivity index (χ1n) is 10.8. The summed E-state index contributed by atoms with van der Waals surface area (Å²) in [6, 6.07) is 22.0. The molecule has 9 heteroatoms. The fourth-order valence-corrected chi connectivity index (χ4v) is 3.72. The minimum Gasteiger partial charge on any atom is -0.497 e. The van der Waals surface area contributed by atoms with Gasteiger partial charge in [0, 0.05) is 12.3 Å². The number of H-pyrrole nitrogens is 1. The van der Waals surface area contributed by atoms with Gasteiger partial charge < -0.3 is 15.0 Å². The first-order chi connectivity index (χ1) is 16.7. The number of rotatable bonds is 7. The van der Waals surface area contributed by atoms with E-state index < -0.39 is 6.04 Å². The third-order valence-corrected chi connectivity index (χ3v) is 5.39. The molecule has 0 fully saturated rings. The van der Waals surface area contributed by atoms with Crippen molar-refractivity contribution < 1.29 is 9.53 Å². The number of ether oxygens (including phenoxy) is 1. The van der Waals surface area contributed by atoms with Gasteiger partial charge in [-0.25, -0.2) is 14.8 Å². The third-order valence-electron chi connectivity index (χ3n) is 5.39. The summed E-state index contributed by atoms with van der Waals surface area (Å²) in [5.41, 5.74) is 2.78. The molecule has 0 aliphatic carbocycles. The van der Waals surface area contributed by atoms with Crippen LogP contribution in [-0.4, -0.2) is 37.9 Å². The van der Waals surface area contributed by atoms with E-state index in [0.29, 0.717) is 23.9 Å². The molecule has 3 heterocycles. The highest BCUT2D eigenvalue weighted by atomic mass is 16.5. The molecule has 1 atom stereocenters. The lowest BCUT2D eigenvalue weighted by Crippen LogP contribution is -2.35. The zero-order valence-corrected chi connectivity index (χ0v) is 18.5. The summed E-state index contributed by atoms with van der Waals surface area (Å²) in [6.07, 6.45) is 3.82. The number of anilines is 1. The van der Waals surface area contributed by atoms with Gasteiger partial charge in [-0.05, 0) is 48.4 Å². The van der Waals surface area contributed by atoms with Gasteiger partial charge in [0.15, 0.2) is 5.82 Å². The number of pyridine rings is 1. The van der Waals surface area contributed by atoms with Gasteiger partial charge in [0.1, 0.15) is 17.4 Å². The molecule has 1 unspecified atom stereocenters. The first-order valence-corrected chi connectivity index (χ1v) is 10.8. The lowest BCUT2D eigenvalue weighted by molar-refractivity contribution is 0.248. The van der Waals surface area contributed by atoms with E-state index in [1.54, 1.807) is 30.3 Å². The number of amides is 2. The molecule has 0 saturated heterocycles. The van der Waals surface area contributed by atoms with Crippen LogP contribution in [0.5, 0.6) is 5.75 Å². The van der Waals surface area contributed by atoms with Crippen LogP contribution in [0.1, 0.15) is 17.4 Å². The van der Waals surface area contributed by atoms with Gasteiger partial charge in [-0.1, -0.05) is 30.3 Å². The standard InChI is InChI=1S/C25H23N7O2/c1-34-18-11-9-17(10-12-18)16-21(24-28-19-6-2-3-7-20(19)29-24)30-25(33)31-23-13-15-27-32(23)22-8-4-5-14-26-22/h2-15,21H,16H2,1H3,(H,28,29)(H2,30,31,33). The lowest BCUT2D eigenvalue weighted by Gasteiger charge is -2.18. The van der Waals surface area contributed by atoms with Crippen molar-refractivity contribution in [3.8, 4) is 11.6 Å².